The van der Waals surface area contributed by atoms with Crippen molar-refractivity contribution < 1.29 is 9.59 Å². The summed E-state index contributed by atoms with van der Waals surface area (Å²) in [4.78, 5) is 26.9. The third-order valence-electron chi connectivity index (χ3n) is 3.66. The fourth-order valence-electron chi connectivity index (χ4n) is 2.45. The molecule has 1 aliphatic rings. The summed E-state index contributed by atoms with van der Waals surface area (Å²) in [7, 11) is 1.92. The van der Waals surface area contributed by atoms with E-state index in [0.717, 1.165) is 23.2 Å². The van der Waals surface area contributed by atoms with Gasteiger partial charge >= 0.3 is 0 Å². The van der Waals surface area contributed by atoms with Crippen molar-refractivity contribution >= 4 is 39.1 Å². The standard InChI is InChI=1S/C14H20BrN3O2S/c1-9(17-13(19)11-5-6-12(15)21-11)14(20)18-7-3-4-10(8-18)16-2/h5-6,9-10,16H,3-4,7-8H2,1-2H3,(H,17,19). The van der Waals surface area contributed by atoms with Gasteiger partial charge in [-0.3, -0.25) is 9.59 Å². The summed E-state index contributed by atoms with van der Waals surface area (Å²) in [6, 6.07) is 3.42. The number of nitrogens with zero attached hydrogens (tertiary/aromatic N) is 1. The number of hydrogen-bond donors (Lipinski definition) is 2. The first kappa shape index (κ1) is 16.5. The molecule has 0 aliphatic carbocycles. The lowest BCUT2D eigenvalue weighted by atomic mass is 10.1. The lowest BCUT2D eigenvalue weighted by molar-refractivity contribution is -0.134. The molecule has 1 saturated heterocycles. The average molecular weight is 374 g/mol. The molecule has 1 aliphatic heterocycles. The van der Waals surface area contributed by atoms with E-state index in [4.69, 9.17) is 0 Å². The van der Waals surface area contributed by atoms with Crippen LogP contribution in [0, 0.1) is 0 Å². The molecule has 116 valence electrons. The van der Waals surface area contributed by atoms with Crippen molar-refractivity contribution in [2.45, 2.75) is 31.8 Å². The van der Waals surface area contributed by atoms with Gasteiger partial charge in [0.1, 0.15) is 6.04 Å². The van der Waals surface area contributed by atoms with E-state index in [-0.39, 0.29) is 11.8 Å². The molecule has 1 aromatic heterocycles. The molecule has 0 saturated carbocycles. The molecule has 0 spiro atoms. The molecule has 1 fully saturated rings. The Labute approximate surface area is 137 Å². The molecule has 1 aromatic rings. The quantitative estimate of drug-likeness (QED) is 0.846. The molecular formula is C14H20BrN3O2S. The minimum Gasteiger partial charge on any atom is -0.340 e. The van der Waals surface area contributed by atoms with E-state index in [1.54, 1.807) is 13.0 Å². The molecule has 2 unspecified atom stereocenters. The van der Waals surface area contributed by atoms with Crippen molar-refractivity contribution in [1.82, 2.24) is 15.5 Å². The van der Waals surface area contributed by atoms with Gasteiger partial charge in [0.05, 0.1) is 8.66 Å². The average Bonchev–Trinajstić information content (AvgIpc) is 2.93. The van der Waals surface area contributed by atoms with Gasteiger partial charge < -0.3 is 15.5 Å². The predicted octanol–water partition coefficient (Wildman–Crippen LogP) is 1.84. The Morgan fingerprint density at radius 1 is 1.48 bits per heavy atom. The van der Waals surface area contributed by atoms with Gasteiger partial charge in [0.25, 0.3) is 5.91 Å². The van der Waals surface area contributed by atoms with Crippen LogP contribution in [0.4, 0.5) is 0 Å². The maximum atomic E-state index is 12.4. The van der Waals surface area contributed by atoms with E-state index in [2.05, 4.69) is 26.6 Å². The van der Waals surface area contributed by atoms with Crippen LogP contribution in [0.3, 0.4) is 0 Å². The number of nitrogens with one attached hydrogen (secondary N) is 2. The van der Waals surface area contributed by atoms with Crippen molar-refractivity contribution in [3.63, 3.8) is 0 Å². The molecule has 0 aromatic carbocycles. The molecule has 7 heteroatoms. The first-order valence-electron chi connectivity index (χ1n) is 7.03. The highest BCUT2D eigenvalue weighted by Gasteiger charge is 2.27. The first-order valence-corrected chi connectivity index (χ1v) is 8.64. The van der Waals surface area contributed by atoms with E-state index in [1.165, 1.54) is 11.3 Å². The zero-order valence-corrected chi connectivity index (χ0v) is 14.6. The van der Waals surface area contributed by atoms with Crippen LogP contribution in [0.1, 0.15) is 29.4 Å². The topological polar surface area (TPSA) is 61.4 Å². The Balaban J connectivity index is 1.91. The van der Waals surface area contributed by atoms with Gasteiger partial charge in [-0.2, -0.15) is 0 Å². The molecule has 0 bridgehead atoms. The Morgan fingerprint density at radius 2 is 2.24 bits per heavy atom. The largest absolute Gasteiger partial charge is 0.340 e. The van der Waals surface area contributed by atoms with E-state index in [9.17, 15) is 9.59 Å². The van der Waals surface area contributed by atoms with Gasteiger partial charge in [-0.25, -0.2) is 0 Å². The molecule has 2 N–H and O–H groups in total. The number of carbonyl (C=O) groups excluding carboxylic acids is 2. The summed E-state index contributed by atoms with van der Waals surface area (Å²) in [6.45, 7) is 3.22. The number of thiophene rings is 1. The zero-order chi connectivity index (χ0) is 15.4. The highest BCUT2D eigenvalue weighted by molar-refractivity contribution is 9.11. The molecule has 2 rings (SSSR count). The number of hydrogen-bond acceptors (Lipinski definition) is 4. The van der Waals surface area contributed by atoms with Crippen LogP contribution in [0.5, 0.6) is 0 Å². The molecule has 2 atom stereocenters. The van der Waals surface area contributed by atoms with Crippen LogP contribution in [-0.4, -0.2) is 48.9 Å². The van der Waals surface area contributed by atoms with Crippen molar-refractivity contribution in [2.75, 3.05) is 20.1 Å². The molecule has 2 amide bonds. The number of likely N-dealkylation sites (tertiary alicyclic amines) is 1. The van der Waals surface area contributed by atoms with Crippen LogP contribution in [0.25, 0.3) is 0 Å². The highest BCUT2D eigenvalue weighted by Crippen LogP contribution is 2.22. The van der Waals surface area contributed by atoms with Gasteiger partial charge in [0.2, 0.25) is 5.91 Å². The van der Waals surface area contributed by atoms with E-state index < -0.39 is 6.04 Å². The van der Waals surface area contributed by atoms with Crippen LogP contribution in [0.2, 0.25) is 0 Å². The summed E-state index contributed by atoms with van der Waals surface area (Å²) >= 11 is 4.69. The number of halogens is 1. The maximum Gasteiger partial charge on any atom is 0.262 e. The second kappa shape index (κ2) is 7.38. The second-order valence-electron chi connectivity index (χ2n) is 5.21. The minimum atomic E-state index is -0.506. The van der Waals surface area contributed by atoms with Gasteiger partial charge in [-0.05, 0) is 54.9 Å². The SMILES string of the molecule is CNC1CCCN(C(=O)C(C)NC(=O)c2ccc(Br)s2)C1. The Kier molecular flexibility index (Phi) is 5.78. The van der Waals surface area contributed by atoms with Crippen molar-refractivity contribution in [2.24, 2.45) is 0 Å². The number of amides is 2. The minimum absolute atomic E-state index is 0.0149. The number of likely N-dealkylation sites (N-methyl/N-ethyl adjacent to an activating group) is 1. The molecular weight excluding hydrogens is 354 g/mol. The smallest absolute Gasteiger partial charge is 0.262 e. The van der Waals surface area contributed by atoms with Crippen LogP contribution in [0.15, 0.2) is 15.9 Å². The number of piperidine rings is 1. The van der Waals surface area contributed by atoms with Gasteiger partial charge in [-0.1, -0.05) is 0 Å². The highest BCUT2D eigenvalue weighted by atomic mass is 79.9. The van der Waals surface area contributed by atoms with Crippen LogP contribution < -0.4 is 10.6 Å². The number of carbonyl (C=O) groups is 2. The summed E-state index contributed by atoms with van der Waals surface area (Å²) in [5.41, 5.74) is 0. The van der Waals surface area contributed by atoms with E-state index >= 15 is 0 Å². The first-order chi connectivity index (χ1) is 10.0. The summed E-state index contributed by atoms with van der Waals surface area (Å²) < 4.78 is 0.902. The third kappa shape index (κ3) is 4.28. The Morgan fingerprint density at radius 3 is 2.86 bits per heavy atom. The lowest BCUT2D eigenvalue weighted by Gasteiger charge is -2.34. The van der Waals surface area contributed by atoms with Crippen molar-refractivity contribution in [1.29, 1.82) is 0 Å². The molecule has 2 heterocycles. The Hall–Kier alpha value is -0.920. The predicted molar refractivity (Wildman–Crippen MR) is 87.6 cm³/mol. The van der Waals surface area contributed by atoms with Gasteiger partial charge in [0, 0.05) is 19.1 Å². The lowest BCUT2D eigenvalue weighted by Crippen LogP contribution is -2.53. The zero-order valence-electron chi connectivity index (χ0n) is 12.2. The Bertz CT molecular complexity index is 520. The van der Waals surface area contributed by atoms with Crippen molar-refractivity contribution in [3.05, 3.63) is 20.8 Å². The number of rotatable bonds is 4. The van der Waals surface area contributed by atoms with E-state index in [1.807, 2.05) is 18.0 Å². The van der Waals surface area contributed by atoms with Crippen LogP contribution in [-0.2, 0) is 4.79 Å². The summed E-state index contributed by atoms with van der Waals surface area (Å²) in [5, 5.41) is 5.99. The maximum absolute atomic E-state index is 12.4. The van der Waals surface area contributed by atoms with Crippen molar-refractivity contribution in [3.8, 4) is 0 Å². The summed E-state index contributed by atoms with van der Waals surface area (Å²) in [5.74, 6) is -0.215. The fraction of sp³-hybridized carbons (Fsp3) is 0.571. The molecule has 5 nitrogen and oxygen atoms in total. The molecule has 0 radical (unpaired) electrons. The third-order valence-corrected chi connectivity index (χ3v) is 5.28. The monoisotopic (exact) mass is 373 g/mol. The van der Waals surface area contributed by atoms with Crippen LogP contribution >= 0.6 is 27.3 Å². The van der Waals surface area contributed by atoms with Gasteiger partial charge in [0.15, 0.2) is 0 Å². The normalized spacial score (nSPS) is 20.1. The van der Waals surface area contributed by atoms with Gasteiger partial charge in [-0.15, -0.1) is 11.3 Å². The summed E-state index contributed by atoms with van der Waals surface area (Å²) in [6.07, 6.45) is 2.08. The molecule has 21 heavy (non-hydrogen) atoms. The fourth-order valence-corrected chi connectivity index (χ4v) is 3.74. The van der Waals surface area contributed by atoms with E-state index in [0.29, 0.717) is 17.5 Å². The second-order valence-corrected chi connectivity index (χ2v) is 7.67.